The van der Waals surface area contributed by atoms with Gasteiger partial charge in [-0.05, 0) is 23.4 Å². The number of aromatic nitrogens is 1. The first kappa shape index (κ1) is 16.4. The third kappa shape index (κ3) is 3.39. The number of carboxylic acid groups (broad SMARTS) is 1. The van der Waals surface area contributed by atoms with Crippen LogP contribution in [0.5, 0.6) is 5.88 Å². The number of nitrogens with one attached hydrogen (secondary N) is 1. The van der Waals surface area contributed by atoms with E-state index in [9.17, 15) is 9.59 Å². The van der Waals surface area contributed by atoms with Crippen molar-refractivity contribution < 1.29 is 24.0 Å². The second-order valence-electron chi connectivity index (χ2n) is 4.99. The number of rotatable bonds is 2. The van der Waals surface area contributed by atoms with Crippen molar-refractivity contribution in [3.05, 3.63) is 39.6 Å². The summed E-state index contributed by atoms with van der Waals surface area (Å²) in [7, 11) is 0. The summed E-state index contributed by atoms with van der Waals surface area (Å²) in [4.78, 5) is 24.5. The molecule has 2 aromatic rings. The van der Waals surface area contributed by atoms with E-state index in [0.29, 0.717) is 40.0 Å². The number of carbonyl (C=O) groups excluding carboxylic acids is 1. The smallest absolute Gasteiger partial charge is 0.449 e. The maximum atomic E-state index is 12.4. The summed E-state index contributed by atoms with van der Waals surface area (Å²) in [6.45, 7) is 0.510. The van der Waals surface area contributed by atoms with Gasteiger partial charge in [-0.2, -0.15) is 0 Å². The van der Waals surface area contributed by atoms with Crippen molar-refractivity contribution in [2.24, 2.45) is 0 Å². The van der Waals surface area contributed by atoms with Crippen LogP contribution >= 0.6 is 23.2 Å². The molecule has 0 bridgehead atoms. The van der Waals surface area contributed by atoms with Crippen LogP contribution in [0.15, 0.2) is 22.7 Å². The normalized spacial score (nSPS) is 13.3. The lowest BCUT2D eigenvalue weighted by atomic mass is 10.1. The first-order valence-corrected chi connectivity index (χ1v) is 7.59. The van der Waals surface area contributed by atoms with E-state index in [2.05, 4.69) is 15.2 Å². The molecule has 1 aliphatic heterocycles. The molecule has 0 atom stereocenters. The van der Waals surface area contributed by atoms with Crippen LogP contribution in [0, 0.1) is 0 Å². The number of hydrogen-bond acceptors (Lipinski definition) is 5. The third-order valence-corrected chi connectivity index (χ3v) is 4.17. The molecule has 0 aliphatic carbocycles. The predicted molar refractivity (Wildman–Crippen MR) is 84.8 cm³/mol. The van der Waals surface area contributed by atoms with Crippen LogP contribution in [0.25, 0.3) is 0 Å². The van der Waals surface area contributed by atoms with Crippen molar-refractivity contribution in [2.75, 3.05) is 11.9 Å². The third-order valence-electron chi connectivity index (χ3n) is 3.43. The Morgan fingerprint density at radius 1 is 1.33 bits per heavy atom. The van der Waals surface area contributed by atoms with Crippen molar-refractivity contribution in [1.29, 1.82) is 0 Å². The van der Waals surface area contributed by atoms with Crippen molar-refractivity contribution in [2.45, 2.75) is 13.0 Å². The number of ether oxygens (including phenoxy) is 1. The van der Waals surface area contributed by atoms with E-state index < -0.39 is 6.16 Å². The summed E-state index contributed by atoms with van der Waals surface area (Å²) >= 11 is 11.7. The summed E-state index contributed by atoms with van der Waals surface area (Å²) in [5.74, 6) is 0.356. The molecule has 1 aromatic carbocycles. The van der Waals surface area contributed by atoms with Crippen LogP contribution in [-0.2, 0) is 13.0 Å². The standard InChI is InChI=1S/C14H11Cl2N3O5/c15-9-2-1-7(5-10(9)16)17-13(20)19-4-3-11-8(6-19)12(18-24-11)23-14(21)22/h1-2,5H,3-4,6H2,(H,17,20)(H,21,22). The van der Waals surface area contributed by atoms with Gasteiger partial charge in [-0.25, -0.2) is 9.59 Å². The number of benzene rings is 1. The van der Waals surface area contributed by atoms with Gasteiger partial charge in [0, 0.05) is 18.7 Å². The van der Waals surface area contributed by atoms with Gasteiger partial charge in [-0.1, -0.05) is 23.2 Å². The van der Waals surface area contributed by atoms with Gasteiger partial charge in [0.15, 0.2) is 0 Å². The summed E-state index contributed by atoms with van der Waals surface area (Å²) in [6.07, 6.45) is -1.09. The Labute approximate surface area is 145 Å². The van der Waals surface area contributed by atoms with E-state index in [1.807, 2.05) is 0 Å². The van der Waals surface area contributed by atoms with E-state index in [1.165, 1.54) is 11.0 Å². The van der Waals surface area contributed by atoms with E-state index in [0.717, 1.165) is 0 Å². The fourth-order valence-electron chi connectivity index (χ4n) is 2.30. The Balaban J connectivity index is 1.72. The monoisotopic (exact) mass is 371 g/mol. The van der Waals surface area contributed by atoms with Gasteiger partial charge in [0.2, 0.25) is 0 Å². The van der Waals surface area contributed by atoms with Crippen molar-refractivity contribution in [3.8, 4) is 5.88 Å². The van der Waals surface area contributed by atoms with Crippen molar-refractivity contribution in [3.63, 3.8) is 0 Å². The van der Waals surface area contributed by atoms with E-state index in [-0.39, 0.29) is 18.5 Å². The molecule has 2 N–H and O–H groups in total. The van der Waals surface area contributed by atoms with Gasteiger partial charge in [-0.3, -0.25) is 0 Å². The number of amides is 2. The highest BCUT2D eigenvalue weighted by Gasteiger charge is 2.29. The zero-order valence-electron chi connectivity index (χ0n) is 12.1. The van der Waals surface area contributed by atoms with Gasteiger partial charge in [0.05, 0.1) is 22.2 Å². The molecule has 0 saturated heterocycles. The molecule has 1 aromatic heterocycles. The highest BCUT2D eigenvalue weighted by molar-refractivity contribution is 6.42. The number of hydrogen-bond donors (Lipinski definition) is 2. The topological polar surface area (TPSA) is 105 Å². The number of fused-ring (bicyclic) bond motifs is 1. The Morgan fingerprint density at radius 2 is 2.12 bits per heavy atom. The molecule has 0 radical (unpaired) electrons. The molecule has 0 spiro atoms. The lowest BCUT2D eigenvalue weighted by molar-refractivity contribution is 0.139. The lowest BCUT2D eigenvalue weighted by Crippen LogP contribution is -2.38. The Hall–Kier alpha value is -2.45. The second-order valence-corrected chi connectivity index (χ2v) is 5.80. The molecule has 2 heterocycles. The highest BCUT2D eigenvalue weighted by atomic mass is 35.5. The molecule has 126 valence electrons. The van der Waals surface area contributed by atoms with Crippen LogP contribution < -0.4 is 10.1 Å². The molecular formula is C14H11Cl2N3O5. The number of carbonyl (C=O) groups is 2. The highest BCUT2D eigenvalue weighted by Crippen LogP contribution is 2.29. The summed E-state index contributed by atoms with van der Waals surface area (Å²) in [5, 5.41) is 15.7. The van der Waals surface area contributed by atoms with Crippen LogP contribution in [-0.4, -0.2) is 33.9 Å². The minimum Gasteiger partial charge on any atom is -0.449 e. The van der Waals surface area contributed by atoms with E-state index >= 15 is 0 Å². The molecule has 2 amide bonds. The first-order chi connectivity index (χ1) is 11.4. The van der Waals surface area contributed by atoms with Crippen LogP contribution in [0.3, 0.4) is 0 Å². The van der Waals surface area contributed by atoms with Crippen molar-refractivity contribution >= 4 is 41.1 Å². The van der Waals surface area contributed by atoms with Gasteiger partial charge >= 0.3 is 12.2 Å². The molecule has 8 nitrogen and oxygen atoms in total. The molecule has 0 fully saturated rings. The minimum absolute atomic E-state index is 0.120. The number of nitrogens with zero attached hydrogens (tertiary/aromatic N) is 2. The Kier molecular flexibility index (Phi) is 4.50. The number of anilines is 1. The zero-order valence-corrected chi connectivity index (χ0v) is 13.6. The second kappa shape index (κ2) is 6.58. The zero-order chi connectivity index (χ0) is 17.3. The van der Waals surface area contributed by atoms with Crippen LogP contribution in [0.4, 0.5) is 15.3 Å². The van der Waals surface area contributed by atoms with Gasteiger partial charge in [0.1, 0.15) is 5.76 Å². The number of halogens is 2. The molecular weight excluding hydrogens is 361 g/mol. The van der Waals surface area contributed by atoms with Crippen molar-refractivity contribution in [1.82, 2.24) is 10.1 Å². The number of urea groups is 1. The summed E-state index contributed by atoms with van der Waals surface area (Å²) in [5.41, 5.74) is 0.931. The Morgan fingerprint density at radius 3 is 2.83 bits per heavy atom. The average Bonchev–Trinajstić information content (AvgIpc) is 2.92. The van der Waals surface area contributed by atoms with Crippen LogP contribution in [0.2, 0.25) is 10.0 Å². The van der Waals surface area contributed by atoms with Gasteiger partial charge in [-0.15, -0.1) is 0 Å². The first-order valence-electron chi connectivity index (χ1n) is 6.83. The van der Waals surface area contributed by atoms with E-state index in [4.69, 9.17) is 32.8 Å². The molecule has 0 unspecified atom stereocenters. The molecule has 24 heavy (non-hydrogen) atoms. The maximum Gasteiger partial charge on any atom is 0.512 e. The van der Waals surface area contributed by atoms with Gasteiger partial charge in [0.25, 0.3) is 5.88 Å². The fourth-order valence-corrected chi connectivity index (χ4v) is 2.60. The SMILES string of the molecule is O=C(O)Oc1noc2c1CN(C(=O)Nc1ccc(Cl)c(Cl)c1)CC2. The van der Waals surface area contributed by atoms with Gasteiger partial charge < -0.3 is 24.6 Å². The van der Waals surface area contributed by atoms with Crippen LogP contribution in [0.1, 0.15) is 11.3 Å². The quantitative estimate of drug-likeness (QED) is 0.780. The summed E-state index contributed by atoms with van der Waals surface area (Å²) < 4.78 is 9.58. The predicted octanol–water partition coefficient (Wildman–Crippen LogP) is 3.63. The largest absolute Gasteiger partial charge is 0.512 e. The minimum atomic E-state index is -1.50. The molecule has 1 aliphatic rings. The molecule has 0 saturated carbocycles. The molecule has 3 rings (SSSR count). The fraction of sp³-hybridized carbons (Fsp3) is 0.214. The Bertz CT molecular complexity index is 808. The lowest BCUT2D eigenvalue weighted by Gasteiger charge is -2.26. The summed E-state index contributed by atoms with van der Waals surface area (Å²) in [6, 6.07) is 4.36. The molecule has 10 heteroatoms. The average molecular weight is 372 g/mol. The van der Waals surface area contributed by atoms with E-state index in [1.54, 1.807) is 12.1 Å². The maximum absolute atomic E-state index is 12.4.